The van der Waals surface area contributed by atoms with Crippen LogP contribution in [0.25, 0.3) is 0 Å². The fourth-order valence-corrected chi connectivity index (χ4v) is 4.10. The van der Waals surface area contributed by atoms with E-state index < -0.39 is 12.1 Å². The number of guanidine groups is 1. The predicted molar refractivity (Wildman–Crippen MR) is 113 cm³/mol. The molecule has 3 rings (SSSR count). The molecule has 1 fully saturated rings. The third-order valence-electron chi connectivity index (χ3n) is 5.68. The molecule has 1 saturated heterocycles. The minimum absolute atomic E-state index is 0.000689. The fourth-order valence-electron chi connectivity index (χ4n) is 4.10. The zero-order valence-electron chi connectivity index (χ0n) is 17.0. The minimum Gasteiger partial charge on any atom is -0.370 e. The van der Waals surface area contributed by atoms with E-state index in [4.69, 9.17) is 11.5 Å². The molecule has 0 bridgehead atoms. The van der Waals surface area contributed by atoms with Gasteiger partial charge in [-0.05, 0) is 43.2 Å². The summed E-state index contributed by atoms with van der Waals surface area (Å²) in [5, 5.41) is 6.06. The molecule has 2 aliphatic heterocycles. The van der Waals surface area contributed by atoms with Crippen LogP contribution in [0.4, 0.5) is 0 Å². The van der Waals surface area contributed by atoms with Gasteiger partial charge >= 0.3 is 0 Å². The summed E-state index contributed by atoms with van der Waals surface area (Å²) in [5.41, 5.74) is 12.9. The number of aliphatic imine (C=N–C) groups is 1. The summed E-state index contributed by atoms with van der Waals surface area (Å²) in [5.74, 6) is -0.339. The van der Waals surface area contributed by atoms with Crippen LogP contribution in [0, 0.1) is 0 Å². The molecule has 0 aliphatic carbocycles. The van der Waals surface area contributed by atoms with Crippen LogP contribution in [0.3, 0.4) is 0 Å². The van der Waals surface area contributed by atoms with Crippen molar-refractivity contribution in [2.24, 2.45) is 16.5 Å². The summed E-state index contributed by atoms with van der Waals surface area (Å²) < 4.78 is 0. The van der Waals surface area contributed by atoms with Gasteiger partial charge in [-0.15, -0.1) is 0 Å². The number of carbonyl (C=O) groups excluding carboxylic acids is 3. The molecule has 0 spiro atoms. The highest BCUT2D eigenvalue weighted by Crippen LogP contribution is 2.22. The van der Waals surface area contributed by atoms with Gasteiger partial charge in [-0.2, -0.15) is 0 Å². The lowest BCUT2D eigenvalue weighted by Gasteiger charge is -2.32. The summed E-state index contributed by atoms with van der Waals surface area (Å²) in [6.07, 6.45) is 3.70. The number of rotatable bonds is 8. The molecule has 2 aliphatic rings. The number of aldehydes is 1. The molecule has 30 heavy (non-hydrogen) atoms. The van der Waals surface area contributed by atoms with Gasteiger partial charge in [0, 0.05) is 19.6 Å². The molecule has 3 atom stereocenters. The van der Waals surface area contributed by atoms with Gasteiger partial charge < -0.3 is 31.8 Å². The SMILES string of the molecule is NC(N)=NCCC[C@@H](C=O)NC(=O)[C@@H]1CCCN1C(=O)C1Cc2ccccc2CN1. The van der Waals surface area contributed by atoms with E-state index in [-0.39, 0.29) is 23.8 Å². The highest BCUT2D eigenvalue weighted by molar-refractivity contribution is 5.91. The molecule has 1 aromatic carbocycles. The Morgan fingerprint density at radius 1 is 1.30 bits per heavy atom. The molecule has 0 aromatic heterocycles. The molecule has 9 nitrogen and oxygen atoms in total. The fraction of sp³-hybridized carbons (Fsp3) is 0.524. The second kappa shape index (κ2) is 10.2. The van der Waals surface area contributed by atoms with Crippen molar-refractivity contribution in [1.82, 2.24) is 15.5 Å². The molecule has 2 amide bonds. The molecule has 0 saturated carbocycles. The Labute approximate surface area is 176 Å². The molecular weight excluding hydrogens is 384 g/mol. The zero-order valence-corrected chi connectivity index (χ0v) is 17.0. The molecule has 0 radical (unpaired) electrons. The molecule has 6 N–H and O–H groups in total. The van der Waals surface area contributed by atoms with Crippen LogP contribution in [0.1, 0.15) is 36.8 Å². The summed E-state index contributed by atoms with van der Waals surface area (Å²) in [7, 11) is 0. The Kier molecular flexibility index (Phi) is 7.40. The Hall–Kier alpha value is -2.94. The van der Waals surface area contributed by atoms with E-state index in [1.165, 1.54) is 5.56 Å². The lowest BCUT2D eigenvalue weighted by Crippen LogP contribution is -2.55. The van der Waals surface area contributed by atoms with Crippen molar-refractivity contribution in [2.45, 2.75) is 56.8 Å². The quantitative estimate of drug-likeness (QED) is 0.194. The highest BCUT2D eigenvalue weighted by atomic mass is 16.2. The topological polar surface area (TPSA) is 143 Å². The van der Waals surface area contributed by atoms with Crippen molar-refractivity contribution in [3.63, 3.8) is 0 Å². The van der Waals surface area contributed by atoms with Crippen LogP contribution in [0.15, 0.2) is 29.3 Å². The monoisotopic (exact) mass is 414 g/mol. The molecule has 1 unspecified atom stereocenters. The third-order valence-corrected chi connectivity index (χ3v) is 5.68. The maximum Gasteiger partial charge on any atom is 0.243 e. The standard InChI is InChI=1S/C21H30N6O3/c22-21(23)24-9-3-7-16(13-28)26-19(29)18-8-4-10-27(18)20(30)17-11-14-5-1-2-6-15(14)12-25-17/h1-2,5-6,13,16-18,25H,3-4,7-12H2,(H,26,29)(H4,22,23,24)/t16-,17?,18-/m0/s1. The number of hydrogen-bond donors (Lipinski definition) is 4. The third kappa shape index (κ3) is 5.35. The Bertz CT molecular complexity index is 808. The molecule has 9 heteroatoms. The van der Waals surface area contributed by atoms with Crippen molar-refractivity contribution in [1.29, 1.82) is 0 Å². The average molecular weight is 415 g/mol. The highest BCUT2D eigenvalue weighted by Gasteiger charge is 2.38. The maximum atomic E-state index is 13.1. The van der Waals surface area contributed by atoms with E-state index >= 15 is 0 Å². The van der Waals surface area contributed by atoms with Crippen LogP contribution < -0.4 is 22.1 Å². The van der Waals surface area contributed by atoms with Gasteiger partial charge in [0.25, 0.3) is 0 Å². The number of nitrogens with one attached hydrogen (secondary N) is 2. The van der Waals surface area contributed by atoms with Crippen molar-refractivity contribution >= 4 is 24.1 Å². The number of fused-ring (bicyclic) bond motifs is 1. The Balaban J connectivity index is 1.56. The lowest BCUT2D eigenvalue weighted by atomic mass is 9.95. The number of hydrogen-bond acceptors (Lipinski definition) is 5. The van der Waals surface area contributed by atoms with Crippen molar-refractivity contribution in [3.8, 4) is 0 Å². The summed E-state index contributed by atoms with van der Waals surface area (Å²) in [4.78, 5) is 42.8. The van der Waals surface area contributed by atoms with Crippen LogP contribution in [-0.2, 0) is 27.3 Å². The van der Waals surface area contributed by atoms with E-state index in [9.17, 15) is 14.4 Å². The first-order valence-electron chi connectivity index (χ1n) is 10.4. The number of likely N-dealkylation sites (tertiary alicyclic amines) is 1. The molecule has 162 valence electrons. The Morgan fingerprint density at radius 3 is 2.80 bits per heavy atom. The van der Waals surface area contributed by atoms with Gasteiger partial charge in [-0.1, -0.05) is 24.3 Å². The normalized spacial score (nSPS) is 21.4. The molecule has 1 aromatic rings. The maximum absolute atomic E-state index is 13.1. The minimum atomic E-state index is -0.621. The number of carbonyl (C=O) groups is 3. The second-order valence-electron chi connectivity index (χ2n) is 7.80. The first-order valence-corrected chi connectivity index (χ1v) is 10.4. The van der Waals surface area contributed by atoms with Crippen LogP contribution >= 0.6 is 0 Å². The number of amides is 2. The van der Waals surface area contributed by atoms with Gasteiger partial charge in [-0.3, -0.25) is 14.6 Å². The Morgan fingerprint density at radius 2 is 2.07 bits per heavy atom. The predicted octanol–water partition coefficient (Wildman–Crippen LogP) is -0.571. The smallest absolute Gasteiger partial charge is 0.243 e. The van der Waals surface area contributed by atoms with Crippen molar-refractivity contribution in [3.05, 3.63) is 35.4 Å². The van der Waals surface area contributed by atoms with E-state index in [2.05, 4.69) is 21.7 Å². The summed E-state index contributed by atoms with van der Waals surface area (Å²) in [6, 6.07) is 6.56. The van der Waals surface area contributed by atoms with Gasteiger partial charge in [0.15, 0.2) is 5.96 Å². The van der Waals surface area contributed by atoms with Gasteiger partial charge in [0.1, 0.15) is 12.3 Å². The van der Waals surface area contributed by atoms with Crippen LogP contribution in [-0.4, -0.2) is 60.2 Å². The van der Waals surface area contributed by atoms with Gasteiger partial charge in [0.2, 0.25) is 11.8 Å². The summed E-state index contributed by atoms with van der Waals surface area (Å²) in [6.45, 7) is 1.58. The number of nitrogens with zero attached hydrogens (tertiary/aromatic N) is 2. The number of benzene rings is 1. The molecular formula is C21H30N6O3. The second-order valence-corrected chi connectivity index (χ2v) is 7.80. The van der Waals surface area contributed by atoms with E-state index in [0.29, 0.717) is 51.6 Å². The molecule has 2 heterocycles. The first-order chi connectivity index (χ1) is 14.5. The van der Waals surface area contributed by atoms with Crippen LogP contribution in [0.5, 0.6) is 0 Å². The lowest BCUT2D eigenvalue weighted by molar-refractivity contribution is -0.140. The summed E-state index contributed by atoms with van der Waals surface area (Å²) >= 11 is 0. The average Bonchev–Trinajstić information content (AvgIpc) is 3.24. The van der Waals surface area contributed by atoms with Crippen molar-refractivity contribution in [2.75, 3.05) is 13.1 Å². The largest absolute Gasteiger partial charge is 0.370 e. The van der Waals surface area contributed by atoms with Gasteiger partial charge in [-0.25, -0.2) is 0 Å². The first kappa shape index (κ1) is 21.8. The zero-order chi connectivity index (χ0) is 21.5. The van der Waals surface area contributed by atoms with E-state index in [0.717, 1.165) is 12.0 Å². The van der Waals surface area contributed by atoms with Gasteiger partial charge in [0.05, 0.1) is 12.1 Å². The number of nitrogens with two attached hydrogens (primary N) is 2. The van der Waals surface area contributed by atoms with E-state index in [1.54, 1.807) is 4.90 Å². The van der Waals surface area contributed by atoms with Crippen molar-refractivity contribution < 1.29 is 14.4 Å². The van der Waals surface area contributed by atoms with E-state index in [1.807, 2.05) is 18.2 Å². The van der Waals surface area contributed by atoms with Crippen LogP contribution in [0.2, 0.25) is 0 Å².